The third-order valence-electron chi connectivity index (χ3n) is 2.37. The molecule has 2 N–H and O–H groups in total. The fraction of sp³-hybridized carbons (Fsp3) is 0.250. The van der Waals surface area contributed by atoms with Crippen LogP contribution in [0.4, 0.5) is 0 Å². The maximum absolute atomic E-state index is 11.7. The van der Waals surface area contributed by atoms with E-state index in [4.69, 9.17) is 4.42 Å². The van der Waals surface area contributed by atoms with Crippen LogP contribution in [0.15, 0.2) is 33.7 Å². The Morgan fingerprint density at radius 2 is 2.33 bits per heavy atom. The molecule has 0 saturated carbocycles. The topological polar surface area (TPSA) is 88.0 Å². The Hall–Kier alpha value is -2.37. The minimum absolute atomic E-state index is 0.0344. The molecule has 2 rings (SSSR count). The first-order chi connectivity index (χ1) is 8.65. The van der Waals surface area contributed by atoms with Crippen LogP contribution in [0, 0.1) is 6.92 Å². The van der Waals surface area contributed by atoms with Crippen molar-refractivity contribution in [3.8, 4) is 0 Å². The maximum Gasteiger partial charge on any atom is 0.287 e. The summed E-state index contributed by atoms with van der Waals surface area (Å²) in [4.78, 5) is 22.9. The van der Waals surface area contributed by atoms with Crippen LogP contribution in [0.1, 0.15) is 21.9 Å². The highest BCUT2D eigenvalue weighted by atomic mass is 16.3. The van der Waals surface area contributed by atoms with Gasteiger partial charge in [-0.25, -0.2) is 0 Å². The largest absolute Gasteiger partial charge is 0.456 e. The minimum Gasteiger partial charge on any atom is -0.456 e. The molecule has 0 saturated heterocycles. The molecule has 18 heavy (non-hydrogen) atoms. The quantitative estimate of drug-likeness (QED) is 0.830. The molecule has 0 unspecified atom stereocenters. The van der Waals surface area contributed by atoms with Crippen molar-refractivity contribution in [2.45, 2.75) is 13.3 Å². The highest BCUT2D eigenvalue weighted by molar-refractivity contribution is 5.91. The summed E-state index contributed by atoms with van der Waals surface area (Å²) >= 11 is 0. The van der Waals surface area contributed by atoms with E-state index in [-0.39, 0.29) is 17.1 Å². The summed E-state index contributed by atoms with van der Waals surface area (Å²) in [5, 5.41) is 9.17. The number of carbonyl (C=O) groups excluding carboxylic acids is 1. The lowest BCUT2D eigenvalue weighted by Crippen LogP contribution is -2.26. The second-order valence-corrected chi connectivity index (χ2v) is 3.88. The van der Waals surface area contributed by atoms with Gasteiger partial charge in [-0.05, 0) is 18.9 Å². The Bertz CT molecular complexity index is 587. The molecule has 0 aromatic carbocycles. The van der Waals surface area contributed by atoms with Gasteiger partial charge in [-0.2, -0.15) is 5.10 Å². The van der Waals surface area contributed by atoms with Gasteiger partial charge in [0.05, 0.1) is 6.20 Å². The number of aromatic amines is 1. The Kier molecular flexibility index (Phi) is 3.57. The van der Waals surface area contributed by atoms with Crippen molar-refractivity contribution in [1.29, 1.82) is 0 Å². The maximum atomic E-state index is 11.7. The summed E-state index contributed by atoms with van der Waals surface area (Å²) in [7, 11) is 0. The SMILES string of the molecule is Cc1cc(=O)cc(C(=O)NCCc2cn[nH]c2)o1. The molecule has 2 aromatic rings. The van der Waals surface area contributed by atoms with E-state index in [1.807, 2.05) is 0 Å². The molecule has 0 fully saturated rings. The second-order valence-electron chi connectivity index (χ2n) is 3.88. The molecule has 6 heteroatoms. The lowest BCUT2D eigenvalue weighted by atomic mass is 10.2. The predicted octanol–water partition coefficient (Wildman–Crippen LogP) is 0.644. The van der Waals surface area contributed by atoms with Gasteiger partial charge >= 0.3 is 0 Å². The highest BCUT2D eigenvalue weighted by Crippen LogP contribution is 2.00. The molecule has 0 spiro atoms. The van der Waals surface area contributed by atoms with Gasteiger partial charge < -0.3 is 9.73 Å². The number of aryl methyl sites for hydroxylation is 1. The number of nitrogens with zero attached hydrogens (tertiary/aromatic N) is 1. The summed E-state index contributed by atoms with van der Waals surface area (Å²) < 4.78 is 5.18. The molecule has 0 bridgehead atoms. The van der Waals surface area contributed by atoms with Gasteiger partial charge in [0.2, 0.25) is 0 Å². The van der Waals surface area contributed by atoms with E-state index in [1.165, 1.54) is 12.1 Å². The van der Waals surface area contributed by atoms with Crippen molar-refractivity contribution in [2.24, 2.45) is 0 Å². The molecule has 0 radical (unpaired) electrons. The first-order valence-electron chi connectivity index (χ1n) is 5.53. The first kappa shape index (κ1) is 12.1. The third kappa shape index (κ3) is 3.07. The van der Waals surface area contributed by atoms with Crippen LogP contribution in [-0.4, -0.2) is 22.6 Å². The monoisotopic (exact) mass is 247 g/mol. The number of aromatic nitrogens is 2. The Morgan fingerprint density at radius 1 is 1.50 bits per heavy atom. The van der Waals surface area contributed by atoms with Gasteiger partial charge in [-0.3, -0.25) is 14.7 Å². The zero-order valence-electron chi connectivity index (χ0n) is 9.90. The lowest BCUT2D eigenvalue weighted by Gasteiger charge is -2.03. The molecule has 0 aliphatic rings. The fourth-order valence-corrected chi connectivity index (χ4v) is 1.54. The summed E-state index contributed by atoms with van der Waals surface area (Å²) in [5.41, 5.74) is 0.764. The standard InChI is InChI=1S/C12H13N3O3/c1-8-4-10(16)5-11(18-8)12(17)13-3-2-9-6-14-15-7-9/h4-7H,2-3H2,1H3,(H,13,17)(H,14,15). The average Bonchev–Trinajstić information content (AvgIpc) is 2.80. The summed E-state index contributed by atoms with van der Waals surface area (Å²) in [6, 6.07) is 2.52. The fourth-order valence-electron chi connectivity index (χ4n) is 1.54. The summed E-state index contributed by atoms with van der Waals surface area (Å²) in [5.74, 6) is 0.0639. The van der Waals surface area contributed by atoms with E-state index >= 15 is 0 Å². The van der Waals surface area contributed by atoms with Gasteiger partial charge in [0, 0.05) is 24.9 Å². The molecule has 0 aliphatic carbocycles. The summed E-state index contributed by atoms with van der Waals surface area (Å²) in [6.07, 6.45) is 4.12. The Balaban J connectivity index is 1.93. The molecule has 2 aromatic heterocycles. The number of carbonyl (C=O) groups is 1. The van der Waals surface area contributed by atoms with Crippen LogP contribution in [0.2, 0.25) is 0 Å². The van der Waals surface area contributed by atoms with E-state index in [0.29, 0.717) is 18.7 Å². The van der Waals surface area contributed by atoms with Crippen LogP contribution in [0.3, 0.4) is 0 Å². The van der Waals surface area contributed by atoms with Gasteiger partial charge in [0.1, 0.15) is 5.76 Å². The zero-order valence-corrected chi connectivity index (χ0v) is 9.90. The van der Waals surface area contributed by atoms with Crippen LogP contribution in [0.25, 0.3) is 0 Å². The van der Waals surface area contributed by atoms with Gasteiger partial charge in [0.25, 0.3) is 5.91 Å². The van der Waals surface area contributed by atoms with Crippen molar-refractivity contribution in [3.63, 3.8) is 0 Å². The number of rotatable bonds is 4. The van der Waals surface area contributed by atoms with Crippen molar-refractivity contribution < 1.29 is 9.21 Å². The van der Waals surface area contributed by atoms with Gasteiger partial charge in [0.15, 0.2) is 11.2 Å². The molecular weight excluding hydrogens is 234 g/mol. The van der Waals surface area contributed by atoms with Crippen LogP contribution in [0.5, 0.6) is 0 Å². The van der Waals surface area contributed by atoms with E-state index in [9.17, 15) is 9.59 Å². The number of hydrogen-bond acceptors (Lipinski definition) is 4. The number of hydrogen-bond donors (Lipinski definition) is 2. The minimum atomic E-state index is -0.390. The molecule has 0 aliphatic heterocycles. The van der Waals surface area contributed by atoms with Gasteiger partial charge in [-0.1, -0.05) is 0 Å². The van der Waals surface area contributed by atoms with E-state index in [1.54, 1.807) is 19.3 Å². The second kappa shape index (κ2) is 5.31. The number of nitrogens with one attached hydrogen (secondary N) is 2. The normalized spacial score (nSPS) is 10.3. The zero-order chi connectivity index (χ0) is 13.0. The van der Waals surface area contributed by atoms with E-state index in [0.717, 1.165) is 5.56 Å². The summed E-state index contributed by atoms with van der Waals surface area (Å²) in [6.45, 7) is 2.08. The van der Waals surface area contributed by atoms with Crippen molar-refractivity contribution >= 4 is 5.91 Å². The predicted molar refractivity (Wildman–Crippen MR) is 64.3 cm³/mol. The van der Waals surface area contributed by atoms with Crippen LogP contribution < -0.4 is 10.7 Å². The average molecular weight is 247 g/mol. The molecule has 1 amide bonds. The first-order valence-corrected chi connectivity index (χ1v) is 5.53. The van der Waals surface area contributed by atoms with E-state index in [2.05, 4.69) is 15.5 Å². The Morgan fingerprint density at radius 3 is 3.00 bits per heavy atom. The smallest absolute Gasteiger partial charge is 0.287 e. The highest BCUT2D eigenvalue weighted by Gasteiger charge is 2.09. The van der Waals surface area contributed by atoms with Crippen molar-refractivity contribution in [2.75, 3.05) is 6.54 Å². The third-order valence-corrected chi connectivity index (χ3v) is 2.37. The molecule has 94 valence electrons. The van der Waals surface area contributed by atoms with Crippen molar-refractivity contribution in [1.82, 2.24) is 15.5 Å². The van der Waals surface area contributed by atoms with E-state index < -0.39 is 0 Å². The number of amides is 1. The van der Waals surface area contributed by atoms with Crippen LogP contribution in [-0.2, 0) is 6.42 Å². The molecule has 0 atom stereocenters. The van der Waals surface area contributed by atoms with Crippen molar-refractivity contribution in [3.05, 3.63) is 51.8 Å². The number of H-pyrrole nitrogens is 1. The molecular formula is C12H13N3O3. The Labute approximate surface area is 103 Å². The van der Waals surface area contributed by atoms with Gasteiger partial charge in [-0.15, -0.1) is 0 Å². The molecule has 2 heterocycles. The van der Waals surface area contributed by atoms with Crippen LogP contribution >= 0.6 is 0 Å². The lowest BCUT2D eigenvalue weighted by molar-refractivity contribution is 0.0922. The molecule has 6 nitrogen and oxygen atoms in total.